The first-order valence-corrected chi connectivity index (χ1v) is 9.43. The standard InChI is InChI=1S/C22H18N4/c1-3-15-17(5-1)25-21-11-13(7-9-19(21)23-15)14-8-10-20-22(12-14)26-18-6-2-4-16(18)24-20/h7-12H,1-6H2. The molecule has 0 fully saturated rings. The Labute approximate surface area is 151 Å². The van der Waals surface area contributed by atoms with E-state index < -0.39 is 0 Å². The number of aromatic nitrogens is 4. The van der Waals surface area contributed by atoms with Gasteiger partial charge in [0.1, 0.15) is 0 Å². The molecule has 0 N–H and O–H groups in total. The zero-order valence-corrected chi connectivity index (χ0v) is 14.5. The van der Waals surface area contributed by atoms with Crippen molar-refractivity contribution in [2.24, 2.45) is 0 Å². The van der Waals surface area contributed by atoms with Crippen LogP contribution >= 0.6 is 0 Å². The molecule has 126 valence electrons. The summed E-state index contributed by atoms with van der Waals surface area (Å²) < 4.78 is 0. The molecule has 0 atom stereocenters. The Hall–Kier alpha value is -2.88. The average Bonchev–Trinajstić information content (AvgIpc) is 3.31. The molecule has 6 rings (SSSR count). The van der Waals surface area contributed by atoms with Crippen molar-refractivity contribution >= 4 is 22.1 Å². The predicted octanol–water partition coefficient (Wildman–Crippen LogP) is 4.22. The van der Waals surface area contributed by atoms with Gasteiger partial charge in [-0.2, -0.15) is 0 Å². The van der Waals surface area contributed by atoms with Gasteiger partial charge >= 0.3 is 0 Å². The second-order valence-corrected chi connectivity index (χ2v) is 7.35. The summed E-state index contributed by atoms with van der Waals surface area (Å²) >= 11 is 0. The molecule has 0 saturated heterocycles. The lowest BCUT2D eigenvalue weighted by Crippen LogP contribution is -1.95. The SMILES string of the molecule is c1cc2nc3c(nc2cc1-c1ccc2nc4c(nc2c1)CCC4)CCC3. The molecule has 0 aliphatic heterocycles. The van der Waals surface area contributed by atoms with E-state index in [2.05, 4.69) is 36.4 Å². The van der Waals surface area contributed by atoms with Crippen LogP contribution in [0.2, 0.25) is 0 Å². The highest BCUT2D eigenvalue weighted by atomic mass is 14.8. The molecule has 26 heavy (non-hydrogen) atoms. The minimum absolute atomic E-state index is 0.989. The summed E-state index contributed by atoms with van der Waals surface area (Å²) in [4.78, 5) is 19.3. The summed E-state index contributed by atoms with van der Waals surface area (Å²) in [6.07, 6.45) is 6.58. The summed E-state index contributed by atoms with van der Waals surface area (Å²) in [7, 11) is 0. The van der Waals surface area contributed by atoms with E-state index in [4.69, 9.17) is 19.9 Å². The van der Waals surface area contributed by atoms with E-state index in [0.29, 0.717) is 0 Å². The maximum atomic E-state index is 4.86. The van der Waals surface area contributed by atoms with E-state index in [-0.39, 0.29) is 0 Å². The normalized spacial score (nSPS) is 15.5. The molecule has 0 amide bonds. The Kier molecular flexibility index (Phi) is 2.92. The third-order valence-corrected chi connectivity index (χ3v) is 5.63. The third-order valence-electron chi connectivity index (χ3n) is 5.63. The number of hydrogen-bond acceptors (Lipinski definition) is 4. The smallest absolute Gasteiger partial charge is 0.0896 e. The van der Waals surface area contributed by atoms with Crippen LogP contribution in [0, 0.1) is 0 Å². The quantitative estimate of drug-likeness (QED) is 0.521. The summed E-state index contributed by atoms with van der Waals surface area (Å²) in [5.41, 5.74) is 11.0. The van der Waals surface area contributed by atoms with Crippen LogP contribution < -0.4 is 0 Å². The van der Waals surface area contributed by atoms with E-state index in [1.807, 2.05) is 0 Å². The summed E-state index contributed by atoms with van der Waals surface area (Å²) in [6, 6.07) is 12.8. The topological polar surface area (TPSA) is 51.6 Å². The Morgan fingerprint density at radius 1 is 0.462 bits per heavy atom. The van der Waals surface area contributed by atoms with Crippen molar-refractivity contribution in [3.05, 3.63) is 59.2 Å². The van der Waals surface area contributed by atoms with Gasteiger partial charge < -0.3 is 0 Å². The molecule has 4 heteroatoms. The second-order valence-electron chi connectivity index (χ2n) is 7.35. The molecule has 2 heterocycles. The van der Waals surface area contributed by atoms with Crippen LogP contribution in [0.15, 0.2) is 36.4 Å². The van der Waals surface area contributed by atoms with Gasteiger partial charge in [-0.3, -0.25) is 0 Å². The molecule has 0 saturated carbocycles. The minimum Gasteiger partial charge on any atom is -0.249 e. The molecule has 2 aliphatic carbocycles. The third kappa shape index (κ3) is 2.15. The summed E-state index contributed by atoms with van der Waals surface area (Å²) in [5.74, 6) is 0. The Bertz CT molecular complexity index is 1100. The van der Waals surface area contributed by atoms with Crippen molar-refractivity contribution < 1.29 is 0 Å². The lowest BCUT2D eigenvalue weighted by atomic mass is 10.0. The molecule has 0 unspecified atom stereocenters. The number of fused-ring (bicyclic) bond motifs is 4. The molecule has 4 nitrogen and oxygen atoms in total. The fourth-order valence-corrected chi connectivity index (χ4v) is 4.26. The summed E-state index contributed by atoms with van der Waals surface area (Å²) in [5, 5.41) is 0. The first-order chi connectivity index (χ1) is 12.8. The minimum atomic E-state index is 0.989. The van der Waals surface area contributed by atoms with Gasteiger partial charge in [-0.15, -0.1) is 0 Å². The number of aryl methyl sites for hydroxylation is 4. The van der Waals surface area contributed by atoms with Crippen molar-refractivity contribution in [3.63, 3.8) is 0 Å². The lowest BCUT2D eigenvalue weighted by molar-refractivity contribution is 0.895. The van der Waals surface area contributed by atoms with Gasteiger partial charge in [0.25, 0.3) is 0 Å². The zero-order valence-electron chi connectivity index (χ0n) is 14.5. The lowest BCUT2D eigenvalue weighted by Gasteiger charge is -2.07. The highest BCUT2D eigenvalue weighted by Crippen LogP contribution is 2.29. The Morgan fingerprint density at radius 3 is 1.27 bits per heavy atom. The van der Waals surface area contributed by atoms with Crippen LogP contribution in [0.4, 0.5) is 0 Å². The van der Waals surface area contributed by atoms with Gasteiger partial charge in [-0.1, -0.05) is 12.1 Å². The molecule has 0 spiro atoms. The van der Waals surface area contributed by atoms with Gasteiger partial charge in [-0.25, -0.2) is 19.9 Å². The first kappa shape index (κ1) is 14.3. The van der Waals surface area contributed by atoms with Crippen molar-refractivity contribution in [2.75, 3.05) is 0 Å². The van der Waals surface area contributed by atoms with Gasteiger partial charge in [0.05, 0.1) is 44.8 Å². The maximum absolute atomic E-state index is 4.86. The van der Waals surface area contributed by atoms with E-state index in [1.165, 1.54) is 35.6 Å². The second kappa shape index (κ2) is 5.31. The molecule has 0 radical (unpaired) electrons. The first-order valence-electron chi connectivity index (χ1n) is 9.43. The highest BCUT2D eigenvalue weighted by molar-refractivity contribution is 5.86. The van der Waals surface area contributed by atoms with Crippen molar-refractivity contribution in [1.29, 1.82) is 0 Å². The molecule has 2 aliphatic rings. The van der Waals surface area contributed by atoms with Gasteiger partial charge in [0, 0.05) is 0 Å². The fraction of sp³-hybridized carbons (Fsp3) is 0.273. The zero-order chi connectivity index (χ0) is 17.1. The number of benzene rings is 2. The molecule has 0 bridgehead atoms. The number of rotatable bonds is 1. The molecule has 4 aromatic rings. The van der Waals surface area contributed by atoms with Crippen LogP contribution in [0.25, 0.3) is 33.2 Å². The van der Waals surface area contributed by atoms with Crippen LogP contribution in [0.5, 0.6) is 0 Å². The van der Waals surface area contributed by atoms with Crippen molar-refractivity contribution in [3.8, 4) is 11.1 Å². The van der Waals surface area contributed by atoms with Gasteiger partial charge in [0.2, 0.25) is 0 Å². The molecule has 2 aromatic heterocycles. The maximum Gasteiger partial charge on any atom is 0.0896 e. The highest BCUT2D eigenvalue weighted by Gasteiger charge is 2.16. The molecular formula is C22H18N4. The van der Waals surface area contributed by atoms with E-state index in [9.17, 15) is 0 Å². The summed E-state index contributed by atoms with van der Waals surface area (Å²) in [6.45, 7) is 0. The Morgan fingerprint density at radius 2 is 0.846 bits per heavy atom. The van der Waals surface area contributed by atoms with Crippen LogP contribution in [-0.2, 0) is 25.7 Å². The number of hydrogen-bond donors (Lipinski definition) is 0. The van der Waals surface area contributed by atoms with Crippen molar-refractivity contribution in [1.82, 2.24) is 19.9 Å². The fourth-order valence-electron chi connectivity index (χ4n) is 4.26. The van der Waals surface area contributed by atoms with Crippen LogP contribution in [0.3, 0.4) is 0 Å². The molecular weight excluding hydrogens is 320 g/mol. The van der Waals surface area contributed by atoms with E-state index >= 15 is 0 Å². The van der Waals surface area contributed by atoms with Gasteiger partial charge in [0.15, 0.2) is 0 Å². The van der Waals surface area contributed by atoms with Gasteiger partial charge in [-0.05, 0) is 73.9 Å². The Balaban J connectivity index is 1.49. The predicted molar refractivity (Wildman–Crippen MR) is 102 cm³/mol. The van der Waals surface area contributed by atoms with Crippen LogP contribution in [-0.4, -0.2) is 19.9 Å². The van der Waals surface area contributed by atoms with E-state index in [0.717, 1.165) is 58.9 Å². The largest absolute Gasteiger partial charge is 0.249 e. The van der Waals surface area contributed by atoms with E-state index in [1.54, 1.807) is 0 Å². The average molecular weight is 338 g/mol. The van der Waals surface area contributed by atoms with Crippen LogP contribution in [0.1, 0.15) is 35.6 Å². The monoisotopic (exact) mass is 338 g/mol. The number of nitrogens with zero attached hydrogens (tertiary/aromatic N) is 4. The van der Waals surface area contributed by atoms with Crippen molar-refractivity contribution in [2.45, 2.75) is 38.5 Å². The molecule has 2 aromatic carbocycles.